The molecular weight excluding hydrogens is 244 g/mol. The number of hydrogen-bond donors (Lipinski definition) is 1. The number of carbonyl (C=O) groups excluding carboxylic acids is 1. The van der Waals surface area contributed by atoms with E-state index < -0.39 is 0 Å². The standard InChI is InChI=1S/C15H30O4/c1-14(18-2)11-13-19-15(17)10-8-6-4-3-5-7-9-12-16/h14,16H,3-13H2,1-2H3. The highest BCUT2D eigenvalue weighted by Gasteiger charge is 2.04. The molecule has 0 bridgehead atoms. The van der Waals surface area contributed by atoms with Gasteiger partial charge in [-0.2, -0.15) is 0 Å². The summed E-state index contributed by atoms with van der Waals surface area (Å²) in [6, 6.07) is 0. The predicted octanol–water partition coefficient (Wildman–Crippen LogP) is 3.07. The largest absolute Gasteiger partial charge is 0.466 e. The van der Waals surface area contributed by atoms with Crippen molar-refractivity contribution in [2.45, 2.75) is 70.8 Å². The molecule has 0 rings (SSSR count). The van der Waals surface area contributed by atoms with E-state index in [0.717, 1.165) is 32.1 Å². The van der Waals surface area contributed by atoms with Gasteiger partial charge in [-0.3, -0.25) is 4.79 Å². The minimum atomic E-state index is -0.0939. The summed E-state index contributed by atoms with van der Waals surface area (Å²) in [5, 5.41) is 8.63. The summed E-state index contributed by atoms with van der Waals surface area (Å²) in [4.78, 5) is 11.4. The molecule has 0 spiro atoms. The van der Waals surface area contributed by atoms with Crippen LogP contribution in [0.3, 0.4) is 0 Å². The number of aliphatic hydroxyl groups is 1. The van der Waals surface area contributed by atoms with Crippen LogP contribution in [0, 0.1) is 0 Å². The summed E-state index contributed by atoms with van der Waals surface area (Å²) in [5.74, 6) is -0.0939. The summed E-state index contributed by atoms with van der Waals surface area (Å²) < 4.78 is 10.2. The van der Waals surface area contributed by atoms with Gasteiger partial charge in [0.1, 0.15) is 0 Å². The second-order valence-corrected chi connectivity index (χ2v) is 5.00. The van der Waals surface area contributed by atoms with Crippen molar-refractivity contribution < 1.29 is 19.4 Å². The van der Waals surface area contributed by atoms with E-state index in [2.05, 4.69) is 0 Å². The third-order valence-corrected chi connectivity index (χ3v) is 3.23. The average Bonchev–Trinajstić information content (AvgIpc) is 2.41. The van der Waals surface area contributed by atoms with Crippen LogP contribution in [0.5, 0.6) is 0 Å². The van der Waals surface area contributed by atoms with E-state index in [1.807, 2.05) is 6.92 Å². The Labute approximate surface area is 117 Å². The molecular formula is C15H30O4. The van der Waals surface area contributed by atoms with Gasteiger partial charge in [0, 0.05) is 26.6 Å². The molecule has 0 amide bonds. The smallest absolute Gasteiger partial charge is 0.305 e. The first-order chi connectivity index (χ1) is 9.20. The first-order valence-corrected chi connectivity index (χ1v) is 7.50. The maximum absolute atomic E-state index is 11.4. The van der Waals surface area contributed by atoms with Crippen LogP contribution in [0.4, 0.5) is 0 Å². The van der Waals surface area contributed by atoms with Gasteiger partial charge in [0.25, 0.3) is 0 Å². The lowest BCUT2D eigenvalue weighted by molar-refractivity contribution is -0.144. The molecule has 0 heterocycles. The molecule has 0 aliphatic heterocycles. The van der Waals surface area contributed by atoms with E-state index in [4.69, 9.17) is 14.6 Å². The van der Waals surface area contributed by atoms with Crippen molar-refractivity contribution in [3.05, 3.63) is 0 Å². The van der Waals surface area contributed by atoms with Gasteiger partial charge in [0.2, 0.25) is 0 Å². The van der Waals surface area contributed by atoms with E-state index in [-0.39, 0.29) is 12.1 Å². The van der Waals surface area contributed by atoms with Crippen molar-refractivity contribution >= 4 is 5.97 Å². The number of ether oxygens (including phenoxy) is 2. The van der Waals surface area contributed by atoms with Gasteiger partial charge in [-0.25, -0.2) is 0 Å². The molecule has 114 valence electrons. The van der Waals surface area contributed by atoms with E-state index in [0.29, 0.717) is 19.6 Å². The van der Waals surface area contributed by atoms with E-state index >= 15 is 0 Å². The molecule has 0 radical (unpaired) electrons. The maximum atomic E-state index is 11.4. The highest BCUT2D eigenvalue weighted by molar-refractivity contribution is 5.69. The zero-order valence-corrected chi connectivity index (χ0v) is 12.5. The van der Waals surface area contributed by atoms with Crippen molar-refractivity contribution in [1.29, 1.82) is 0 Å². The number of hydrogen-bond acceptors (Lipinski definition) is 4. The van der Waals surface area contributed by atoms with Crippen molar-refractivity contribution in [3.8, 4) is 0 Å². The maximum Gasteiger partial charge on any atom is 0.305 e. The van der Waals surface area contributed by atoms with Gasteiger partial charge in [-0.1, -0.05) is 32.1 Å². The molecule has 4 heteroatoms. The second kappa shape index (κ2) is 13.8. The molecule has 0 saturated heterocycles. The Morgan fingerprint density at radius 3 is 2.21 bits per heavy atom. The highest BCUT2D eigenvalue weighted by Crippen LogP contribution is 2.09. The number of unbranched alkanes of at least 4 members (excludes halogenated alkanes) is 6. The third-order valence-electron chi connectivity index (χ3n) is 3.23. The Bertz CT molecular complexity index is 206. The fourth-order valence-corrected chi connectivity index (χ4v) is 1.79. The molecule has 0 aromatic rings. The van der Waals surface area contributed by atoms with Crippen LogP contribution >= 0.6 is 0 Å². The molecule has 0 aromatic heterocycles. The molecule has 0 aromatic carbocycles. The molecule has 4 nitrogen and oxygen atoms in total. The van der Waals surface area contributed by atoms with Crippen LogP contribution in [-0.4, -0.2) is 37.5 Å². The number of rotatable bonds is 13. The van der Waals surface area contributed by atoms with Crippen molar-refractivity contribution in [2.75, 3.05) is 20.3 Å². The average molecular weight is 274 g/mol. The van der Waals surface area contributed by atoms with E-state index in [1.54, 1.807) is 7.11 Å². The summed E-state index contributed by atoms with van der Waals surface area (Å²) in [5.41, 5.74) is 0. The van der Waals surface area contributed by atoms with Crippen molar-refractivity contribution in [1.82, 2.24) is 0 Å². The first kappa shape index (κ1) is 18.4. The van der Waals surface area contributed by atoms with Crippen LogP contribution < -0.4 is 0 Å². The lowest BCUT2D eigenvalue weighted by atomic mass is 10.1. The predicted molar refractivity (Wildman–Crippen MR) is 76.1 cm³/mol. The molecule has 1 atom stereocenters. The van der Waals surface area contributed by atoms with Gasteiger partial charge in [-0.05, 0) is 19.8 Å². The number of aliphatic hydroxyl groups excluding tert-OH is 1. The molecule has 19 heavy (non-hydrogen) atoms. The molecule has 0 aliphatic rings. The number of methoxy groups -OCH3 is 1. The van der Waals surface area contributed by atoms with Gasteiger partial charge in [-0.15, -0.1) is 0 Å². The molecule has 0 aliphatic carbocycles. The third kappa shape index (κ3) is 13.6. The Kier molecular flexibility index (Phi) is 13.4. The Balaban J connectivity index is 3.20. The number of esters is 1. The number of carbonyl (C=O) groups is 1. The Morgan fingerprint density at radius 1 is 1.05 bits per heavy atom. The van der Waals surface area contributed by atoms with Gasteiger partial charge in [0.15, 0.2) is 0 Å². The SMILES string of the molecule is COC(C)CCOC(=O)CCCCCCCCCO. The summed E-state index contributed by atoms with van der Waals surface area (Å²) in [6.07, 6.45) is 8.99. The Morgan fingerprint density at radius 2 is 1.63 bits per heavy atom. The zero-order valence-electron chi connectivity index (χ0n) is 12.5. The van der Waals surface area contributed by atoms with Crippen LogP contribution in [0.25, 0.3) is 0 Å². The zero-order chi connectivity index (χ0) is 14.3. The lowest BCUT2D eigenvalue weighted by Crippen LogP contribution is -2.12. The van der Waals surface area contributed by atoms with E-state index in [1.165, 1.54) is 19.3 Å². The molecule has 1 N–H and O–H groups in total. The monoisotopic (exact) mass is 274 g/mol. The first-order valence-electron chi connectivity index (χ1n) is 7.50. The quantitative estimate of drug-likeness (QED) is 0.414. The fraction of sp³-hybridized carbons (Fsp3) is 0.933. The lowest BCUT2D eigenvalue weighted by Gasteiger charge is -2.09. The molecule has 1 unspecified atom stereocenters. The van der Waals surface area contributed by atoms with Crippen molar-refractivity contribution in [3.63, 3.8) is 0 Å². The summed E-state index contributed by atoms with van der Waals surface area (Å²) in [7, 11) is 1.66. The normalized spacial score (nSPS) is 12.4. The summed E-state index contributed by atoms with van der Waals surface area (Å²) >= 11 is 0. The highest BCUT2D eigenvalue weighted by atomic mass is 16.5. The minimum absolute atomic E-state index is 0.0939. The van der Waals surface area contributed by atoms with Gasteiger partial charge in [0.05, 0.1) is 12.7 Å². The van der Waals surface area contributed by atoms with Crippen LogP contribution in [0.2, 0.25) is 0 Å². The topological polar surface area (TPSA) is 55.8 Å². The van der Waals surface area contributed by atoms with Crippen LogP contribution in [0.15, 0.2) is 0 Å². The molecule has 0 fully saturated rings. The minimum Gasteiger partial charge on any atom is -0.466 e. The van der Waals surface area contributed by atoms with Crippen LogP contribution in [-0.2, 0) is 14.3 Å². The summed E-state index contributed by atoms with van der Waals surface area (Å²) in [6.45, 7) is 2.72. The Hall–Kier alpha value is -0.610. The van der Waals surface area contributed by atoms with Gasteiger partial charge >= 0.3 is 5.97 Å². The van der Waals surface area contributed by atoms with Gasteiger partial charge < -0.3 is 14.6 Å². The van der Waals surface area contributed by atoms with E-state index in [9.17, 15) is 4.79 Å². The molecule has 0 saturated carbocycles. The second-order valence-electron chi connectivity index (χ2n) is 5.00. The van der Waals surface area contributed by atoms with Crippen molar-refractivity contribution in [2.24, 2.45) is 0 Å². The fourth-order valence-electron chi connectivity index (χ4n) is 1.79. The van der Waals surface area contributed by atoms with Crippen LogP contribution in [0.1, 0.15) is 64.7 Å².